The van der Waals surface area contributed by atoms with Crippen molar-refractivity contribution in [3.05, 3.63) is 104 Å². The highest BCUT2D eigenvalue weighted by Gasteiger charge is 2.36. The molecule has 1 aliphatic rings. The number of hydrogen-bond acceptors (Lipinski definition) is 7. The zero-order valence-corrected chi connectivity index (χ0v) is 21.6. The number of nitrogens with zero attached hydrogens (tertiary/aromatic N) is 4. The van der Waals surface area contributed by atoms with Gasteiger partial charge < -0.3 is 15.4 Å². The lowest BCUT2D eigenvalue weighted by Crippen LogP contribution is -2.31. The maximum absolute atomic E-state index is 13.8. The minimum atomic E-state index is -0.813. The molecule has 0 radical (unpaired) electrons. The van der Waals surface area contributed by atoms with Crippen molar-refractivity contribution < 1.29 is 14.5 Å². The molecular formula is C26H20Cl2N6O4. The molecule has 1 unspecified atom stereocenters. The molecule has 0 saturated carbocycles. The SMILES string of the molecule is COc1ccccc1NC(=O)C1=C(C)Nc2nc(-c3cccc([N+](=O)[O-])c3)nn2C1c1cccc(Cl)c1Cl. The van der Waals surface area contributed by atoms with Crippen molar-refractivity contribution in [3.63, 3.8) is 0 Å². The van der Waals surface area contributed by atoms with Crippen LogP contribution in [-0.2, 0) is 4.79 Å². The molecule has 0 bridgehead atoms. The first-order valence-electron chi connectivity index (χ1n) is 11.4. The fourth-order valence-corrected chi connectivity index (χ4v) is 4.69. The molecule has 0 fully saturated rings. The molecule has 2 heterocycles. The number of allylic oxidation sites excluding steroid dienone is 1. The molecule has 0 spiro atoms. The van der Waals surface area contributed by atoms with E-state index in [4.69, 9.17) is 27.9 Å². The van der Waals surface area contributed by atoms with Gasteiger partial charge >= 0.3 is 0 Å². The number of aromatic nitrogens is 3. The van der Waals surface area contributed by atoms with Gasteiger partial charge in [0.15, 0.2) is 5.82 Å². The molecule has 192 valence electrons. The number of non-ortho nitro benzene ring substituents is 1. The number of rotatable bonds is 6. The lowest BCUT2D eigenvalue weighted by atomic mass is 9.95. The van der Waals surface area contributed by atoms with E-state index < -0.39 is 16.9 Å². The maximum atomic E-state index is 13.8. The molecule has 5 rings (SSSR count). The van der Waals surface area contributed by atoms with Gasteiger partial charge in [-0.2, -0.15) is 4.98 Å². The number of nitro groups is 1. The van der Waals surface area contributed by atoms with Gasteiger partial charge in [-0.15, -0.1) is 5.10 Å². The molecule has 38 heavy (non-hydrogen) atoms. The summed E-state index contributed by atoms with van der Waals surface area (Å²) < 4.78 is 6.90. The van der Waals surface area contributed by atoms with E-state index in [-0.39, 0.29) is 16.5 Å². The summed E-state index contributed by atoms with van der Waals surface area (Å²) in [6.07, 6.45) is 0. The number of carbonyl (C=O) groups is 1. The number of halogens is 2. The smallest absolute Gasteiger partial charge is 0.270 e. The second-order valence-corrected chi connectivity index (χ2v) is 9.16. The monoisotopic (exact) mass is 550 g/mol. The summed E-state index contributed by atoms with van der Waals surface area (Å²) in [7, 11) is 1.52. The number of nitrogens with one attached hydrogen (secondary N) is 2. The summed E-state index contributed by atoms with van der Waals surface area (Å²) in [6.45, 7) is 1.74. The Labute approximate surface area is 227 Å². The summed E-state index contributed by atoms with van der Waals surface area (Å²) in [5, 5.41) is 22.6. The first-order chi connectivity index (χ1) is 18.3. The van der Waals surface area contributed by atoms with Gasteiger partial charge in [0.2, 0.25) is 5.95 Å². The van der Waals surface area contributed by atoms with Crippen LogP contribution in [0.25, 0.3) is 11.4 Å². The normalized spacial score (nSPS) is 14.5. The Kier molecular flexibility index (Phi) is 6.75. The van der Waals surface area contributed by atoms with Gasteiger partial charge in [-0.05, 0) is 25.1 Å². The highest BCUT2D eigenvalue weighted by Crippen LogP contribution is 2.41. The lowest BCUT2D eigenvalue weighted by Gasteiger charge is -2.29. The molecular weight excluding hydrogens is 531 g/mol. The van der Waals surface area contributed by atoms with E-state index in [0.717, 1.165) is 0 Å². The second kappa shape index (κ2) is 10.2. The Hall–Kier alpha value is -4.41. The molecule has 1 atom stereocenters. The molecule has 2 N–H and O–H groups in total. The summed E-state index contributed by atoms with van der Waals surface area (Å²) in [6, 6.07) is 17.4. The van der Waals surface area contributed by atoms with Gasteiger partial charge in [-0.1, -0.05) is 59.6 Å². The zero-order valence-electron chi connectivity index (χ0n) is 20.1. The van der Waals surface area contributed by atoms with Crippen LogP contribution in [0.5, 0.6) is 5.75 Å². The van der Waals surface area contributed by atoms with Crippen LogP contribution in [0.15, 0.2) is 78.0 Å². The number of benzene rings is 3. The Bertz CT molecular complexity index is 1620. The van der Waals surface area contributed by atoms with E-state index in [1.807, 2.05) is 0 Å². The highest BCUT2D eigenvalue weighted by atomic mass is 35.5. The van der Waals surface area contributed by atoms with E-state index in [0.29, 0.717) is 44.8 Å². The quantitative estimate of drug-likeness (QED) is 0.219. The van der Waals surface area contributed by atoms with Crippen molar-refractivity contribution in [1.82, 2.24) is 14.8 Å². The Morgan fingerprint density at radius 3 is 2.66 bits per heavy atom. The lowest BCUT2D eigenvalue weighted by molar-refractivity contribution is -0.384. The number of anilines is 2. The number of nitro benzene ring substituents is 1. The van der Waals surface area contributed by atoms with Crippen molar-refractivity contribution >= 4 is 46.4 Å². The average Bonchev–Trinajstić information content (AvgIpc) is 3.33. The molecule has 1 aromatic heterocycles. The molecule has 0 saturated heterocycles. The fourth-order valence-electron chi connectivity index (χ4n) is 4.28. The van der Waals surface area contributed by atoms with Crippen LogP contribution >= 0.6 is 23.2 Å². The van der Waals surface area contributed by atoms with Crippen LogP contribution in [0.1, 0.15) is 18.5 Å². The van der Waals surface area contributed by atoms with Crippen molar-refractivity contribution in [3.8, 4) is 17.1 Å². The minimum absolute atomic E-state index is 0.0937. The number of ether oxygens (including phenoxy) is 1. The highest BCUT2D eigenvalue weighted by molar-refractivity contribution is 6.42. The standard InChI is InChI=1S/C26H20Cl2N6O4/c1-14-21(25(35)30-19-11-3-4-12-20(19)38-2)23(17-9-6-10-18(27)22(17)28)33-26(29-14)31-24(32-33)15-7-5-8-16(13-15)34(36)37/h3-13,23H,1-2H3,(H,30,35)(H,29,31,32). The van der Waals surface area contributed by atoms with Gasteiger partial charge in [0.25, 0.3) is 11.6 Å². The molecule has 3 aromatic carbocycles. The number of para-hydroxylation sites is 2. The van der Waals surface area contributed by atoms with Crippen molar-refractivity contribution in [2.24, 2.45) is 0 Å². The summed E-state index contributed by atoms with van der Waals surface area (Å²) in [5.41, 5.74) is 2.20. The van der Waals surface area contributed by atoms with Gasteiger partial charge in [0, 0.05) is 29.0 Å². The fraction of sp³-hybridized carbons (Fsp3) is 0.115. The van der Waals surface area contributed by atoms with Crippen LogP contribution in [0.4, 0.5) is 17.3 Å². The number of fused-ring (bicyclic) bond motifs is 1. The van der Waals surface area contributed by atoms with E-state index in [1.54, 1.807) is 61.5 Å². The predicted octanol–water partition coefficient (Wildman–Crippen LogP) is 6.10. The van der Waals surface area contributed by atoms with Crippen molar-refractivity contribution in [1.29, 1.82) is 0 Å². The largest absolute Gasteiger partial charge is 0.495 e. The van der Waals surface area contributed by atoms with Crippen LogP contribution < -0.4 is 15.4 Å². The van der Waals surface area contributed by atoms with Crippen LogP contribution in [0.3, 0.4) is 0 Å². The first-order valence-corrected chi connectivity index (χ1v) is 12.1. The van der Waals surface area contributed by atoms with E-state index in [2.05, 4.69) is 20.7 Å². The third-order valence-corrected chi connectivity index (χ3v) is 6.88. The predicted molar refractivity (Wildman–Crippen MR) is 145 cm³/mol. The van der Waals surface area contributed by atoms with Crippen molar-refractivity contribution in [2.45, 2.75) is 13.0 Å². The second-order valence-electron chi connectivity index (χ2n) is 8.37. The topological polar surface area (TPSA) is 124 Å². The van der Waals surface area contributed by atoms with Crippen molar-refractivity contribution in [2.75, 3.05) is 17.7 Å². The third-order valence-electron chi connectivity index (χ3n) is 6.04. The summed E-state index contributed by atoms with van der Waals surface area (Å²) in [4.78, 5) is 29.1. The Morgan fingerprint density at radius 1 is 1.13 bits per heavy atom. The molecule has 12 heteroatoms. The number of methoxy groups -OCH3 is 1. The van der Waals surface area contributed by atoms with Gasteiger partial charge in [0.05, 0.1) is 33.3 Å². The Morgan fingerprint density at radius 2 is 1.89 bits per heavy atom. The number of amides is 1. The van der Waals surface area contributed by atoms with Crippen LogP contribution in [0.2, 0.25) is 10.0 Å². The molecule has 1 amide bonds. The van der Waals surface area contributed by atoms with Gasteiger partial charge in [-0.3, -0.25) is 14.9 Å². The summed E-state index contributed by atoms with van der Waals surface area (Å²) >= 11 is 13.0. The molecule has 10 nitrogen and oxygen atoms in total. The number of hydrogen-bond donors (Lipinski definition) is 2. The Balaban J connectivity index is 1.64. The molecule has 0 aliphatic carbocycles. The number of carbonyl (C=O) groups excluding carboxylic acids is 1. The first kappa shape index (κ1) is 25.2. The minimum Gasteiger partial charge on any atom is -0.495 e. The van der Waals surface area contributed by atoms with Crippen LogP contribution in [-0.4, -0.2) is 32.7 Å². The van der Waals surface area contributed by atoms with Gasteiger partial charge in [0.1, 0.15) is 11.8 Å². The molecule has 4 aromatic rings. The third kappa shape index (κ3) is 4.55. The van der Waals surface area contributed by atoms with E-state index in [1.165, 1.54) is 23.9 Å². The van der Waals surface area contributed by atoms with E-state index in [9.17, 15) is 14.9 Å². The molecule has 1 aliphatic heterocycles. The zero-order chi connectivity index (χ0) is 27.0. The average molecular weight is 551 g/mol. The van der Waals surface area contributed by atoms with E-state index >= 15 is 0 Å². The maximum Gasteiger partial charge on any atom is 0.270 e. The summed E-state index contributed by atoms with van der Waals surface area (Å²) in [5.74, 6) is 0.644. The van der Waals surface area contributed by atoms with Gasteiger partial charge in [-0.25, -0.2) is 4.68 Å². The van der Waals surface area contributed by atoms with Crippen LogP contribution in [0, 0.1) is 10.1 Å².